The summed E-state index contributed by atoms with van der Waals surface area (Å²) in [5.74, 6) is -0.739. The Labute approximate surface area is 120 Å². The number of unbranched alkanes of at least 4 members (excludes halogenated alkanes) is 2. The number of rotatable bonds is 11. The molecule has 5 nitrogen and oxygen atoms in total. The molecule has 0 radical (unpaired) electrons. The lowest BCUT2D eigenvalue weighted by molar-refractivity contribution is -0.147. The van der Waals surface area contributed by atoms with E-state index in [0.29, 0.717) is 13.2 Å². The molecule has 112 valence electrons. The van der Waals surface area contributed by atoms with E-state index in [4.69, 9.17) is 21.3 Å². The molecule has 0 amide bonds. The van der Waals surface area contributed by atoms with E-state index in [1.54, 1.807) is 0 Å². The van der Waals surface area contributed by atoms with Gasteiger partial charge in [0.1, 0.15) is 6.04 Å². The molecule has 0 rings (SSSR count). The van der Waals surface area contributed by atoms with Crippen molar-refractivity contribution in [2.45, 2.75) is 58.4 Å². The Morgan fingerprint density at radius 2 is 1.68 bits per heavy atom. The molecule has 0 heterocycles. The van der Waals surface area contributed by atoms with Crippen molar-refractivity contribution in [2.24, 2.45) is 0 Å². The highest BCUT2D eigenvalue weighted by atomic mass is 35.5. The second-order valence-corrected chi connectivity index (χ2v) is 4.51. The third-order valence-corrected chi connectivity index (χ3v) is 2.82. The molecule has 0 aliphatic rings. The maximum Gasteiger partial charge on any atom is 0.324 e. The third-order valence-electron chi connectivity index (χ3n) is 2.56. The Kier molecular flexibility index (Phi) is 11.7. The van der Waals surface area contributed by atoms with Crippen LogP contribution in [0, 0.1) is 0 Å². The third kappa shape index (κ3) is 9.73. The van der Waals surface area contributed by atoms with E-state index in [1.807, 2.05) is 13.8 Å². The average Bonchev–Trinajstić information content (AvgIpc) is 2.40. The molecule has 0 aromatic heterocycles. The van der Waals surface area contributed by atoms with Gasteiger partial charge >= 0.3 is 11.9 Å². The summed E-state index contributed by atoms with van der Waals surface area (Å²) in [6.45, 7) is 4.84. The minimum absolute atomic E-state index is 0.150. The van der Waals surface area contributed by atoms with Gasteiger partial charge in [0.25, 0.3) is 0 Å². The summed E-state index contributed by atoms with van der Waals surface area (Å²) in [6.07, 6.45) is 4.02. The van der Waals surface area contributed by atoms with Crippen LogP contribution in [0.3, 0.4) is 0 Å². The number of esters is 2. The van der Waals surface area contributed by atoms with Crippen molar-refractivity contribution in [2.75, 3.05) is 13.2 Å². The van der Waals surface area contributed by atoms with Crippen LogP contribution in [0.15, 0.2) is 0 Å². The first-order valence-corrected chi connectivity index (χ1v) is 7.21. The summed E-state index contributed by atoms with van der Waals surface area (Å²) < 4.78 is 10.0. The Morgan fingerprint density at radius 1 is 1.11 bits per heavy atom. The van der Waals surface area contributed by atoms with E-state index >= 15 is 0 Å². The molecule has 0 aliphatic carbocycles. The summed E-state index contributed by atoms with van der Waals surface area (Å²) in [6, 6.07) is -0.669. The molecule has 1 atom stereocenters. The number of nitrogens with one attached hydrogen (secondary N) is 1. The highest BCUT2D eigenvalue weighted by Crippen LogP contribution is 2.04. The monoisotopic (exact) mass is 293 g/mol. The maximum absolute atomic E-state index is 11.6. The van der Waals surface area contributed by atoms with E-state index in [1.165, 1.54) is 0 Å². The Hall–Kier alpha value is -0.810. The van der Waals surface area contributed by atoms with Crippen LogP contribution >= 0.6 is 11.8 Å². The quantitative estimate of drug-likeness (QED) is 0.360. The number of halogens is 1. The zero-order valence-corrected chi connectivity index (χ0v) is 12.5. The van der Waals surface area contributed by atoms with Crippen LogP contribution in [-0.4, -0.2) is 31.2 Å². The van der Waals surface area contributed by atoms with Crippen molar-refractivity contribution < 1.29 is 19.1 Å². The van der Waals surface area contributed by atoms with Crippen LogP contribution in [0.2, 0.25) is 0 Å². The lowest BCUT2D eigenvalue weighted by atomic mass is 10.2. The molecule has 0 spiro atoms. The zero-order valence-electron chi connectivity index (χ0n) is 11.7. The molecule has 19 heavy (non-hydrogen) atoms. The molecule has 0 bridgehead atoms. The van der Waals surface area contributed by atoms with Gasteiger partial charge in [0, 0.05) is 6.42 Å². The van der Waals surface area contributed by atoms with Gasteiger partial charge in [-0.3, -0.25) is 9.59 Å². The number of carbonyl (C=O) groups excluding carboxylic acids is 2. The van der Waals surface area contributed by atoms with Gasteiger partial charge in [0.2, 0.25) is 0 Å². The van der Waals surface area contributed by atoms with Gasteiger partial charge in [-0.05, 0) is 31.0 Å². The first-order chi connectivity index (χ1) is 9.15. The van der Waals surface area contributed by atoms with Crippen molar-refractivity contribution in [3.8, 4) is 0 Å². The second-order valence-electron chi connectivity index (χ2n) is 4.30. The summed E-state index contributed by atoms with van der Waals surface area (Å²) >= 11 is 5.48. The van der Waals surface area contributed by atoms with Gasteiger partial charge in [0.15, 0.2) is 0 Å². The molecule has 0 aromatic carbocycles. The number of hydrogen-bond donors (Lipinski definition) is 1. The zero-order chi connectivity index (χ0) is 14.5. The van der Waals surface area contributed by atoms with E-state index in [0.717, 1.165) is 25.7 Å². The molecule has 0 saturated heterocycles. The standard InChI is InChI=1S/C13H24ClNO4/c1-3-5-9-18-12(16)8-7-11(15-14)13(17)19-10-6-4-2/h11,15H,3-10H2,1-2H3/t11-/m0/s1. The topological polar surface area (TPSA) is 64.6 Å². The smallest absolute Gasteiger partial charge is 0.324 e. The number of carbonyl (C=O) groups is 2. The minimum atomic E-state index is -0.669. The van der Waals surface area contributed by atoms with Crippen LogP contribution in [0.25, 0.3) is 0 Å². The van der Waals surface area contributed by atoms with Gasteiger partial charge in [0.05, 0.1) is 13.2 Å². The maximum atomic E-state index is 11.6. The minimum Gasteiger partial charge on any atom is -0.466 e. The number of hydrogen-bond acceptors (Lipinski definition) is 5. The van der Waals surface area contributed by atoms with Gasteiger partial charge in [-0.2, -0.15) is 0 Å². The summed E-state index contributed by atoms with van der Waals surface area (Å²) in [5, 5.41) is 0. The molecular formula is C13H24ClNO4. The van der Waals surface area contributed by atoms with Gasteiger partial charge in [-0.25, -0.2) is 4.84 Å². The van der Waals surface area contributed by atoms with Crippen LogP contribution in [0.5, 0.6) is 0 Å². The molecule has 0 unspecified atom stereocenters. The molecule has 6 heteroatoms. The first-order valence-electron chi connectivity index (χ1n) is 6.84. The van der Waals surface area contributed by atoms with E-state index in [2.05, 4.69) is 4.84 Å². The Morgan fingerprint density at radius 3 is 2.21 bits per heavy atom. The van der Waals surface area contributed by atoms with Gasteiger partial charge in [-0.1, -0.05) is 26.7 Å². The molecule has 0 aromatic rings. The Bertz CT molecular complexity index is 261. The summed E-state index contributed by atoms with van der Waals surface area (Å²) in [5.41, 5.74) is 0. The van der Waals surface area contributed by atoms with Crippen molar-refractivity contribution in [3.63, 3.8) is 0 Å². The first kappa shape index (κ1) is 18.2. The SMILES string of the molecule is CCCCOC(=O)CC[C@H](NCl)C(=O)OCCCC. The number of ether oxygens (including phenoxy) is 2. The second kappa shape index (κ2) is 12.2. The molecule has 0 fully saturated rings. The van der Waals surface area contributed by atoms with Crippen LogP contribution in [0.1, 0.15) is 52.4 Å². The van der Waals surface area contributed by atoms with Crippen molar-refractivity contribution in [1.29, 1.82) is 0 Å². The molecule has 0 aliphatic heterocycles. The average molecular weight is 294 g/mol. The van der Waals surface area contributed by atoms with Crippen molar-refractivity contribution in [3.05, 3.63) is 0 Å². The predicted octanol–water partition coefficient (Wildman–Crippen LogP) is 2.57. The van der Waals surface area contributed by atoms with Crippen molar-refractivity contribution in [1.82, 2.24) is 4.84 Å². The fourth-order valence-electron chi connectivity index (χ4n) is 1.30. The van der Waals surface area contributed by atoms with Gasteiger partial charge < -0.3 is 9.47 Å². The summed E-state index contributed by atoms with van der Waals surface area (Å²) in [4.78, 5) is 25.3. The Balaban J connectivity index is 3.84. The van der Waals surface area contributed by atoms with E-state index in [-0.39, 0.29) is 18.8 Å². The van der Waals surface area contributed by atoms with Gasteiger partial charge in [-0.15, -0.1) is 0 Å². The normalized spacial score (nSPS) is 11.9. The van der Waals surface area contributed by atoms with Crippen LogP contribution in [0.4, 0.5) is 0 Å². The van der Waals surface area contributed by atoms with E-state index < -0.39 is 12.0 Å². The summed E-state index contributed by atoms with van der Waals surface area (Å²) in [7, 11) is 0. The fraction of sp³-hybridized carbons (Fsp3) is 0.846. The molecule has 1 N–H and O–H groups in total. The van der Waals surface area contributed by atoms with E-state index in [9.17, 15) is 9.59 Å². The predicted molar refractivity (Wildman–Crippen MR) is 73.7 cm³/mol. The lowest BCUT2D eigenvalue weighted by Crippen LogP contribution is -2.33. The lowest BCUT2D eigenvalue weighted by Gasteiger charge is -2.13. The molecule has 0 saturated carbocycles. The highest BCUT2D eigenvalue weighted by Gasteiger charge is 2.20. The fourth-order valence-corrected chi connectivity index (χ4v) is 1.50. The highest BCUT2D eigenvalue weighted by molar-refractivity contribution is 6.14. The largest absolute Gasteiger partial charge is 0.466 e. The van der Waals surface area contributed by atoms with Crippen molar-refractivity contribution >= 4 is 23.7 Å². The van der Waals surface area contributed by atoms with Crippen LogP contribution in [-0.2, 0) is 19.1 Å². The molecular weight excluding hydrogens is 270 g/mol. The van der Waals surface area contributed by atoms with Crippen LogP contribution < -0.4 is 4.84 Å².